The third-order valence-corrected chi connectivity index (χ3v) is 3.21. The molecule has 17 heavy (non-hydrogen) atoms. The van der Waals surface area contributed by atoms with E-state index < -0.39 is 11.9 Å². The molecule has 2 aromatic rings. The van der Waals surface area contributed by atoms with Crippen LogP contribution in [0.15, 0.2) is 46.9 Å². The van der Waals surface area contributed by atoms with Crippen LogP contribution in [0.1, 0.15) is 17.2 Å². The van der Waals surface area contributed by atoms with Crippen molar-refractivity contribution in [3.05, 3.63) is 68.9 Å². The molecule has 2 rings (SSSR count). The maximum absolute atomic E-state index is 13.0. The van der Waals surface area contributed by atoms with Gasteiger partial charge in [0.2, 0.25) is 0 Å². The summed E-state index contributed by atoms with van der Waals surface area (Å²) in [5.41, 5.74) is 1.29. The van der Waals surface area contributed by atoms with Gasteiger partial charge >= 0.3 is 0 Å². The molecule has 0 fully saturated rings. The molecule has 2 aromatic carbocycles. The van der Waals surface area contributed by atoms with Crippen molar-refractivity contribution in [2.75, 3.05) is 0 Å². The van der Waals surface area contributed by atoms with Gasteiger partial charge in [0.25, 0.3) is 0 Å². The molecular weight excluding hydrogens is 306 g/mol. The van der Waals surface area contributed by atoms with Crippen LogP contribution in [-0.4, -0.2) is 5.11 Å². The Kier molecular flexibility index (Phi) is 3.82. The molecule has 0 saturated heterocycles. The monoisotopic (exact) mass is 314 g/mol. The molecule has 0 spiro atoms. The Morgan fingerprint density at radius 3 is 2.47 bits per heavy atom. The first-order chi connectivity index (χ1) is 8.08. The van der Waals surface area contributed by atoms with Crippen molar-refractivity contribution >= 4 is 27.5 Å². The smallest absolute Gasteiger partial charge is 0.141 e. The Morgan fingerprint density at radius 2 is 1.82 bits per heavy atom. The summed E-state index contributed by atoms with van der Waals surface area (Å²) < 4.78 is 13.9. The number of aliphatic hydroxyl groups excluding tert-OH is 1. The lowest BCUT2D eigenvalue weighted by Gasteiger charge is -2.12. The van der Waals surface area contributed by atoms with Crippen LogP contribution in [-0.2, 0) is 0 Å². The highest BCUT2D eigenvalue weighted by Gasteiger charge is 2.12. The van der Waals surface area contributed by atoms with Gasteiger partial charge in [0.05, 0.1) is 5.02 Å². The van der Waals surface area contributed by atoms with Gasteiger partial charge < -0.3 is 5.11 Å². The average molecular weight is 316 g/mol. The van der Waals surface area contributed by atoms with Crippen LogP contribution in [0.3, 0.4) is 0 Å². The zero-order valence-corrected chi connectivity index (χ0v) is 11.0. The average Bonchev–Trinajstić information content (AvgIpc) is 2.32. The second-order valence-corrected chi connectivity index (χ2v) is 4.95. The molecule has 0 heterocycles. The minimum Gasteiger partial charge on any atom is -0.384 e. The summed E-state index contributed by atoms with van der Waals surface area (Å²) in [6, 6.07) is 11.5. The minimum absolute atomic E-state index is 0.0107. The Bertz CT molecular complexity index is 545. The number of hydrogen-bond acceptors (Lipinski definition) is 1. The summed E-state index contributed by atoms with van der Waals surface area (Å²) in [5, 5.41) is 10.1. The van der Waals surface area contributed by atoms with Crippen LogP contribution in [0.5, 0.6) is 0 Å². The molecule has 1 atom stereocenters. The summed E-state index contributed by atoms with van der Waals surface area (Å²) in [7, 11) is 0. The van der Waals surface area contributed by atoms with Gasteiger partial charge in [-0.25, -0.2) is 4.39 Å². The molecule has 1 N–H and O–H groups in total. The molecular formula is C13H9BrClFO. The molecule has 0 aliphatic heterocycles. The molecule has 0 aliphatic rings. The number of benzene rings is 2. The van der Waals surface area contributed by atoms with E-state index in [9.17, 15) is 9.50 Å². The first kappa shape index (κ1) is 12.6. The maximum Gasteiger partial charge on any atom is 0.141 e. The highest BCUT2D eigenvalue weighted by Crippen LogP contribution is 2.27. The molecule has 0 bridgehead atoms. The van der Waals surface area contributed by atoms with Crippen LogP contribution >= 0.6 is 27.5 Å². The number of halogens is 3. The zero-order valence-electron chi connectivity index (χ0n) is 8.70. The van der Waals surface area contributed by atoms with Crippen molar-refractivity contribution in [1.29, 1.82) is 0 Å². The Morgan fingerprint density at radius 1 is 1.12 bits per heavy atom. The number of rotatable bonds is 2. The van der Waals surface area contributed by atoms with Gasteiger partial charge in [-0.1, -0.05) is 45.7 Å². The summed E-state index contributed by atoms with van der Waals surface area (Å²) in [4.78, 5) is 0. The van der Waals surface area contributed by atoms with Gasteiger partial charge in [-0.15, -0.1) is 0 Å². The van der Waals surface area contributed by atoms with E-state index in [0.717, 1.165) is 10.0 Å². The van der Waals surface area contributed by atoms with Gasteiger partial charge in [-0.3, -0.25) is 0 Å². The predicted octanol–water partition coefficient (Wildman–Crippen LogP) is 4.32. The lowest BCUT2D eigenvalue weighted by atomic mass is 10.0. The fourth-order valence-electron chi connectivity index (χ4n) is 1.55. The van der Waals surface area contributed by atoms with Gasteiger partial charge in [0, 0.05) is 4.47 Å². The normalized spacial score (nSPS) is 12.5. The van der Waals surface area contributed by atoms with Crippen LogP contribution in [0, 0.1) is 5.82 Å². The van der Waals surface area contributed by atoms with Crippen molar-refractivity contribution in [2.45, 2.75) is 6.10 Å². The molecule has 1 nitrogen and oxygen atoms in total. The van der Waals surface area contributed by atoms with Gasteiger partial charge in [0.1, 0.15) is 11.9 Å². The Balaban J connectivity index is 2.36. The van der Waals surface area contributed by atoms with E-state index >= 15 is 0 Å². The third kappa shape index (κ3) is 2.86. The highest BCUT2D eigenvalue weighted by atomic mass is 79.9. The molecule has 0 unspecified atom stereocenters. The SMILES string of the molecule is O[C@@H](c1cccc(Br)c1)c1ccc(F)c(Cl)c1. The number of aliphatic hydroxyl groups is 1. The quantitative estimate of drug-likeness (QED) is 0.875. The Hall–Kier alpha value is -0.900. The summed E-state index contributed by atoms with van der Waals surface area (Å²) in [5.74, 6) is -0.489. The van der Waals surface area contributed by atoms with E-state index in [-0.39, 0.29) is 5.02 Å². The minimum atomic E-state index is -0.814. The van der Waals surface area contributed by atoms with Crippen molar-refractivity contribution < 1.29 is 9.50 Å². The van der Waals surface area contributed by atoms with Gasteiger partial charge in [-0.05, 0) is 35.4 Å². The van der Waals surface area contributed by atoms with Gasteiger partial charge in [0.15, 0.2) is 0 Å². The first-order valence-corrected chi connectivity index (χ1v) is 6.13. The second kappa shape index (κ2) is 5.17. The molecule has 0 amide bonds. The summed E-state index contributed by atoms with van der Waals surface area (Å²) in [6.45, 7) is 0. The van der Waals surface area contributed by atoms with Crippen molar-refractivity contribution in [2.24, 2.45) is 0 Å². The van der Waals surface area contributed by atoms with E-state index in [0.29, 0.717) is 5.56 Å². The van der Waals surface area contributed by atoms with Crippen LogP contribution in [0.25, 0.3) is 0 Å². The molecule has 0 aromatic heterocycles. The van der Waals surface area contributed by atoms with Crippen molar-refractivity contribution in [3.8, 4) is 0 Å². The highest BCUT2D eigenvalue weighted by molar-refractivity contribution is 9.10. The third-order valence-electron chi connectivity index (χ3n) is 2.42. The van der Waals surface area contributed by atoms with Crippen LogP contribution in [0.2, 0.25) is 5.02 Å². The van der Waals surface area contributed by atoms with E-state index in [1.54, 1.807) is 6.07 Å². The summed E-state index contributed by atoms with van der Waals surface area (Å²) in [6.07, 6.45) is -0.814. The van der Waals surface area contributed by atoms with Crippen LogP contribution < -0.4 is 0 Å². The maximum atomic E-state index is 13.0. The summed E-state index contributed by atoms with van der Waals surface area (Å²) >= 11 is 9.01. The lowest BCUT2D eigenvalue weighted by Crippen LogP contribution is -1.99. The molecule has 88 valence electrons. The van der Waals surface area contributed by atoms with Crippen LogP contribution in [0.4, 0.5) is 4.39 Å². The fourth-order valence-corrected chi connectivity index (χ4v) is 2.16. The predicted molar refractivity (Wildman–Crippen MR) is 69.6 cm³/mol. The fraction of sp³-hybridized carbons (Fsp3) is 0.0769. The standard InChI is InChI=1S/C13H9BrClFO/c14-10-3-1-2-8(6-10)13(17)9-4-5-12(16)11(15)7-9/h1-7,13,17H/t13-/m0/s1. The van der Waals surface area contributed by atoms with Gasteiger partial charge in [-0.2, -0.15) is 0 Å². The van der Waals surface area contributed by atoms with E-state index in [1.807, 2.05) is 18.2 Å². The molecule has 0 saturated carbocycles. The topological polar surface area (TPSA) is 20.2 Å². The molecule has 4 heteroatoms. The molecule has 0 aliphatic carbocycles. The Labute approximate surface area is 112 Å². The van der Waals surface area contributed by atoms with E-state index in [2.05, 4.69) is 15.9 Å². The molecule has 0 radical (unpaired) electrons. The van der Waals surface area contributed by atoms with Crippen molar-refractivity contribution in [3.63, 3.8) is 0 Å². The number of hydrogen-bond donors (Lipinski definition) is 1. The zero-order chi connectivity index (χ0) is 12.4. The first-order valence-electron chi connectivity index (χ1n) is 4.96. The van der Waals surface area contributed by atoms with E-state index in [4.69, 9.17) is 11.6 Å². The lowest BCUT2D eigenvalue weighted by molar-refractivity contribution is 0.220. The van der Waals surface area contributed by atoms with E-state index in [1.165, 1.54) is 18.2 Å². The van der Waals surface area contributed by atoms with Crippen molar-refractivity contribution in [1.82, 2.24) is 0 Å². The second-order valence-electron chi connectivity index (χ2n) is 3.63. The largest absolute Gasteiger partial charge is 0.384 e.